The minimum atomic E-state index is -1.85. The molecule has 0 fully saturated rings. The van der Waals surface area contributed by atoms with Crippen molar-refractivity contribution in [2.24, 2.45) is 4.99 Å². The van der Waals surface area contributed by atoms with E-state index in [0.29, 0.717) is 5.90 Å². The molecule has 0 bridgehead atoms. The average molecular weight is 271 g/mol. The van der Waals surface area contributed by atoms with Gasteiger partial charge in [-0.15, -0.1) is 0 Å². The van der Waals surface area contributed by atoms with Crippen LogP contribution in [0, 0.1) is 0 Å². The van der Waals surface area contributed by atoms with Gasteiger partial charge in [-0.2, -0.15) is 0 Å². The van der Waals surface area contributed by atoms with Gasteiger partial charge in [0, 0.05) is 6.92 Å². The minimum Gasteiger partial charge on any atom is -0.471 e. The highest BCUT2D eigenvalue weighted by atomic mass is 32.2. The molecule has 1 N–H and O–H groups in total. The molecule has 4 nitrogen and oxygen atoms in total. The Hall–Kier alpha value is -1.27. The molecule has 1 aliphatic rings. The predicted octanol–water partition coefficient (Wildman–Crippen LogP) is 2.24. The topological polar surface area (TPSA) is 58.9 Å². The summed E-state index contributed by atoms with van der Waals surface area (Å²) in [7, 11) is 0. The molecule has 1 unspecified atom stereocenters. The maximum absolute atomic E-state index is 12.8. The van der Waals surface area contributed by atoms with Crippen molar-refractivity contribution in [1.82, 2.24) is 0 Å². The van der Waals surface area contributed by atoms with Gasteiger partial charge < -0.3 is 9.29 Å². The maximum atomic E-state index is 12.8. The third kappa shape index (κ3) is 2.94. The summed E-state index contributed by atoms with van der Waals surface area (Å²) in [6.45, 7) is 1.14. The van der Waals surface area contributed by atoms with Gasteiger partial charge in [0.1, 0.15) is 12.7 Å². The minimum absolute atomic E-state index is 0.0911. The van der Waals surface area contributed by atoms with Crippen molar-refractivity contribution in [3.05, 3.63) is 35.4 Å². The Balaban J connectivity index is 2.12. The molecule has 18 heavy (non-hydrogen) atoms. The molecule has 3 atom stereocenters. The second kappa shape index (κ2) is 5.58. The van der Waals surface area contributed by atoms with Gasteiger partial charge in [0.25, 0.3) is 0 Å². The van der Waals surface area contributed by atoms with Crippen LogP contribution in [0.3, 0.4) is 0 Å². The first-order valence-corrected chi connectivity index (χ1v) is 6.81. The molecule has 6 heteroatoms. The lowest BCUT2D eigenvalue weighted by Crippen LogP contribution is -2.15. The molecule has 98 valence electrons. The number of nitrogens with zero attached hydrogens (tertiary/aromatic N) is 1. The molecule has 0 aliphatic carbocycles. The number of halogens is 1. The van der Waals surface area contributed by atoms with Crippen molar-refractivity contribution in [3.8, 4) is 0 Å². The summed E-state index contributed by atoms with van der Waals surface area (Å²) >= 11 is -1.85. The largest absolute Gasteiger partial charge is 0.471 e. The van der Waals surface area contributed by atoms with Crippen molar-refractivity contribution in [2.45, 2.75) is 24.8 Å². The van der Waals surface area contributed by atoms with E-state index in [9.17, 15) is 8.60 Å². The number of hydrogen-bond donors (Lipinski definition) is 1. The number of alkyl halides is 1. The fourth-order valence-electron chi connectivity index (χ4n) is 1.95. The molecular formula is C12H14FNO3S. The molecule has 0 radical (unpaired) electrons. The van der Waals surface area contributed by atoms with E-state index in [1.807, 2.05) is 0 Å². The van der Waals surface area contributed by atoms with E-state index >= 15 is 0 Å². The Labute approximate surface area is 107 Å². The molecule has 1 aromatic rings. The standard InChI is InChI=1S/C12H14FNO3S/c1-8-14-11(6-13)12(17-8)10-4-2-9(3-5-10)7-18(15)16/h2-5,11-12H,6-7H2,1H3,(H,15,16)/t11-,12-/m1/s1. The van der Waals surface area contributed by atoms with Gasteiger partial charge in [0.05, 0.1) is 5.75 Å². The molecular weight excluding hydrogens is 257 g/mol. The molecule has 0 amide bonds. The molecule has 1 aliphatic heterocycles. The van der Waals surface area contributed by atoms with Crippen molar-refractivity contribution in [2.75, 3.05) is 6.67 Å². The monoisotopic (exact) mass is 271 g/mol. The van der Waals surface area contributed by atoms with Crippen LogP contribution in [-0.4, -0.2) is 27.4 Å². The summed E-state index contributed by atoms with van der Waals surface area (Å²) in [5.74, 6) is 0.580. The van der Waals surface area contributed by atoms with Crippen LogP contribution in [0.4, 0.5) is 4.39 Å². The maximum Gasteiger partial charge on any atom is 0.181 e. The summed E-state index contributed by atoms with van der Waals surface area (Å²) in [5.41, 5.74) is 1.58. The van der Waals surface area contributed by atoms with Crippen LogP contribution < -0.4 is 0 Å². The third-order valence-electron chi connectivity index (χ3n) is 2.75. The van der Waals surface area contributed by atoms with Crippen molar-refractivity contribution < 1.29 is 17.9 Å². The highest BCUT2D eigenvalue weighted by molar-refractivity contribution is 7.78. The van der Waals surface area contributed by atoms with Crippen LogP contribution in [0.1, 0.15) is 24.2 Å². The lowest BCUT2D eigenvalue weighted by molar-refractivity contribution is 0.179. The van der Waals surface area contributed by atoms with E-state index in [1.165, 1.54) is 0 Å². The van der Waals surface area contributed by atoms with Crippen molar-refractivity contribution in [1.29, 1.82) is 0 Å². The number of hydrogen-bond acceptors (Lipinski definition) is 3. The van der Waals surface area contributed by atoms with Crippen LogP contribution in [-0.2, 0) is 21.6 Å². The summed E-state index contributed by atoms with van der Waals surface area (Å²) in [4.78, 5) is 4.07. The zero-order chi connectivity index (χ0) is 13.1. The highest BCUT2D eigenvalue weighted by Gasteiger charge is 2.30. The number of benzene rings is 1. The molecule has 1 heterocycles. The summed E-state index contributed by atoms with van der Waals surface area (Å²) in [6.07, 6.45) is -0.399. The van der Waals surface area contributed by atoms with Gasteiger partial charge in [0.2, 0.25) is 0 Å². The normalized spacial score (nSPS) is 24.5. The SMILES string of the molecule is CC1=N[C@H](CF)[C@@H](c2ccc(CS(=O)O)cc2)O1. The van der Waals surface area contributed by atoms with E-state index in [0.717, 1.165) is 11.1 Å². The van der Waals surface area contributed by atoms with Gasteiger partial charge in [-0.05, 0) is 11.1 Å². The van der Waals surface area contributed by atoms with E-state index in [4.69, 9.17) is 9.29 Å². The van der Waals surface area contributed by atoms with Crippen LogP contribution in [0.2, 0.25) is 0 Å². The molecule has 0 spiro atoms. The fraction of sp³-hybridized carbons (Fsp3) is 0.417. The average Bonchev–Trinajstić information content (AvgIpc) is 2.71. The fourth-order valence-corrected chi connectivity index (χ4v) is 2.42. The van der Waals surface area contributed by atoms with Gasteiger partial charge in [-0.3, -0.25) is 0 Å². The Morgan fingerprint density at radius 3 is 2.67 bits per heavy atom. The molecule has 0 saturated carbocycles. The quantitative estimate of drug-likeness (QED) is 0.854. The van der Waals surface area contributed by atoms with Crippen molar-refractivity contribution in [3.63, 3.8) is 0 Å². The second-order valence-corrected chi connectivity index (χ2v) is 5.05. The van der Waals surface area contributed by atoms with Crippen molar-refractivity contribution >= 4 is 17.0 Å². The van der Waals surface area contributed by atoms with Gasteiger partial charge in [-0.25, -0.2) is 13.6 Å². The zero-order valence-electron chi connectivity index (χ0n) is 9.88. The van der Waals surface area contributed by atoms with Crippen LogP contribution in [0.5, 0.6) is 0 Å². The molecule has 2 rings (SSSR count). The summed E-state index contributed by atoms with van der Waals surface area (Å²) < 4.78 is 37.7. The Kier molecular flexibility index (Phi) is 4.08. The number of rotatable bonds is 4. The summed E-state index contributed by atoms with van der Waals surface area (Å²) in [5, 5.41) is 0. The zero-order valence-corrected chi connectivity index (χ0v) is 10.7. The van der Waals surface area contributed by atoms with E-state index in [1.54, 1.807) is 31.2 Å². The van der Waals surface area contributed by atoms with Gasteiger partial charge in [0.15, 0.2) is 23.1 Å². The first-order chi connectivity index (χ1) is 8.60. The Morgan fingerprint density at radius 2 is 2.11 bits per heavy atom. The Morgan fingerprint density at radius 1 is 1.44 bits per heavy atom. The number of aliphatic imine (C=N–C) groups is 1. The van der Waals surface area contributed by atoms with E-state index in [-0.39, 0.29) is 5.75 Å². The lowest BCUT2D eigenvalue weighted by Gasteiger charge is -2.15. The second-order valence-electron chi connectivity index (χ2n) is 4.12. The smallest absolute Gasteiger partial charge is 0.181 e. The van der Waals surface area contributed by atoms with Crippen LogP contribution in [0.15, 0.2) is 29.3 Å². The molecule has 1 aromatic carbocycles. The molecule has 0 aromatic heterocycles. The molecule has 0 saturated heterocycles. The first-order valence-electron chi connectivity index (χ1n) is 5.53. The Bertz CT molecular complexity index is 475. The third-order valence-corrected chi connectivity index (χ3v) is 3.33. The number of ether oxygens (including phenoxy) is 1. The van der Waals surface area contributed by atoms with Gasteiger partial charge >= 0.3 is 0 Å². The lowest BCUT2D eigenvalue weighted by atomic mass is 10.0. The van der Waals surface area contributed by atoms with E-state index in [2.05, 4.69) is 4.99 Å². The van der Waals surface area contributed by atoms with Gasteiger partial charge in [-0.1, -0.05) is 24.3 Å². The highest BCUT2D eigenvalue weighted by Crippen LogP contribution is 2.29. The summed E-state index contributed by atoms with van der Waals surface area (Å²) in [6, 6.07) is 6.56. The van der Waals surface area contributed by atoms with E-state index < -0.39 is 29.9 Å². The predicted molar refractivity (Wildman–Crippen MR) is 67.6 cm³/mol. The van der Waals surface area contributed by atoms with Crippen LogP contribution in [0.25, 0.3) is 0 Å². The van der Waals surface area contributed by atoms with Crippen LogP contribution >= 0.6 is 0 Å². The first kappa shape index (κ1) is 13.2.